The summed E-state index contributed by atoms with van der Waals surface area (Å²) in [4.78, 5) is 2.48. The van der Waals surface area contributed by atoms with Gasteiger partial charge in [-0.25, -0.2) is 12.4 Å². The summed E-state index contributed by atoms with van der Waals surface area (Å²) in [6, 6.07) is 16.0. The van der Waals surface area contributed by atoms with Gasteiger partial charge in [-0.15, -0.1) is 0 Å². The molecule has 3 aromatic rings. The van der Waals surface area contributed by atoms with Gasteiger partial charge in [-0.1, -0.05) is 36.4 Å². The van der Waals surface area contributed by atoms with Gasteiger partial charge in [0.25, 0.3) is 10.0 Å². The molecule has 0 saturated carbocycles. The maximum Gasteiger partial charge on any atom is 0.268 e. The van der Waals surface area contributed by atoms with Crippen LogP contribution in [0.3, 0.4) is 0 Å². The first-order valence-electron chi connectivity index (χ1n) is 9.61. The maximum atomic E-state index is 13.2. The number of piperidine rings is 3. The molecule has 2 aromatic carbocycles. The Labute approximate surface area is 164 Å². The average Bonchev–Trinajstić information content (AvgIpc) is 3.11. The second kappa shape index (κ2) is 6.50. The Morgan fingerprint density at radius 3 is 2.36 bits per heavy atom. The van der Waals surface area contributed by atoms with Gasteiger partial charge < -0.3 is 10.0 Å². The minimum atomic E-state index is -3.70. The molecule has 6 heteroatoms. The quantitative estimate of drug-likeness (QED) is 0.740. The molecule has 1 aromatic heterocycles. The Morgan fingerprint density at radius 1 is 0.964 bits per heavy atom. The SMILES string of the molecule is O=S(=O)(c1ccccc1)n1cc(/C=C2/[C@@H](O)C3CCN2CC3)c2ccccc21. The number of benzene rings is 2. The van der Waals surface area contributed by atoms with Crippen molar-refractivity contribution in [3.8, 4) is 0 Å². The van der Waals surface area contributed by atoms with Crippen molar-refractivity contribution in [1.82, 2.24) is 8.87 Å². The van der Waals surface area contributed by atoms with E-state index in [1.54, 1.807) is 36.5 Å². The standard InChI is InChI=1S/C22H22N2O3S/c25-22-16-10-12-23(13-11-16)21(22)14-17-15-24(20-9-5-4-8-19(17)20)28(26,27)18-6-2-1-3-7-18/h1-9,14-16,22,25H,10-13H2/b21-14-/t22-/m0/s1. The highest BCUT2D eigenvalue weighted by Crippen LogP contribution is 2.37. The van der Waals surface area contributed by atoms with E-state index in [-0.39, 0.29) is 4.90 Å². The van der Waals surface area contributed by atoms with Gasteiger partial charge in [0.15, 0.2) is 0 Å². The van der Waals surface area contributed by atoms with E-state index in [0.717, 1.165) is 42.6 Å². The minimum Gasteiger partial charge on any atom is -0.387 e. The van der Waals surface area contributed by atoms with Gasteiger partial charge in [0.1, 0.15) is 0 Å². The van der Waals surface area contributed by atoms with Crippen LogP contribution in [-0.4, -0.2) is 41.6 Å². The second-order valence-corrected chi connectivity index (χ2v) is 9.37. The molecule has 3 aliphatic rings. The van der Waals surface area contributed by atoms with Crippen LogP contribution in [0, 0.1) is 5.92 Å². The molecule has 3 fully saturated rings. The molecular formula is C22H22N2O3S. The number of hydrogen-bond acceptors (Lipinski definition) is 4. The van der Waals surface area contributed by atoms with Gasteiger partial charge in [-0.2, -0.15) is 0 Å². The largest absolute Gasteiger partial charge is 0.387 e. The van der Waals surface area contributed by atoms with Crippen molar-refractivity contribution in [3.63, 3.8) is 0 Å². The molecule has 28 heavy (non-hydrogen) atoms. The van der Waals surface area contributed by atoms with Gasteiger partial charge in [-0.3, -0.25) is 0 Å². The highest BCUT2D eigenvalue weighted by Gasteiger charge is 2.36. The van der Waals surface area contributed by atoms with Crippen LogP contribution < -0.4 is 0 Å². The van der Waals surface area contributed by atoms with Crippen molar-refractivity contribution in [2.75, 3.05) is 13.1 Å². The van der Waals surface area contributed by atoms with Gasteiger partial charge in [0.2, 0.25) is 0 Å². The van der Waals surface area contributed by atoms with Crippen LogP contribution in [0.4, 0.5) is 0 Å². The number of fused-ring (bicyclic) bond motifs is 4. The van der Waals surface area contributed by atoms with Crippen LogP contribution in [0.5, 0.6) is 0 Å². The van der Waals surface area contributed by atoms with Crippen molar-refractivity contribution in [2.45, 2.75) is 23.8 Å². The van der Waals surface area contributed by atoms with Gasteiger partial charge in [0, 0.05) is 35.9 Å². The fraction of sp³-hybridized carbons (Fsp3) is 0.273. The predicted molar refractivity (Wildman–Crippen MR) is 109 cm³/mol. The summed E-state index contributed by atoms with van der Waals surface area (Å²) in [6.07, 6.45) is 5.20. The van der Waals surface area contributed by atoms with E-state index >= 15 is 0 Å². The lowest BCUT2D eigenvalue weighted by molar-refractivity contribution is 0.0215. The number of para-hydroxylation sites is 1. The van der Waals surface area contributed by atoms with Gasteiger partial charge >= 0.3 is 0 Å². The van der Waals surface area contributed by atoms with Crippen molar-refractivity contribution < 1.29 is 13.5 Å². The van der Waals surface area contributed by atoms with Gasteiger partial charge in [-0.05, 0) is 43.0 Å². The van der Waals surface area contributed by atoms with E-state index in [4.69, 9.17) is 0 Å². The lowest BCUT2D eigenvalue weighted by atomic mass is 9.83. The van der Waals surface area contributed by atoms with Crippen LogP contribution in [0.2, 0.25) is 0 Å². The van der Waals surface area contributed by atoms with E-state index < -0.39 is 16.1 Å². The molecule has 4 heterocycles. The zero-order chi connectivity index (χ0) is 19.3. The number of nitrogens with zero attached hydrogens (tertiary/aromatic N) is 2. The van der Waals surface area contributed by atoms with Crippen LogP contribution in [0.15, 0.2) is 71.4 Å². The lowest BCUT2D eigenvalue weighted by Gasteiger charge is -2.45. The first-order valence-corrected chi connectivity index (χ1v) is 11.0. The molecule has 0 amide bonds. The van der Waals surface area contributed by atoms with E-state index in [0.29, 0.717) is 11.4 Å². The lowest BCUT2D eigenvalue weighted by Crippen LogP contribution is -2.48. The summed E-state index contributed by atoms with van der Waals surface area (Å²) in [5.74, 6) is 0.303. The molecule has 5 nitrogen and oxygen atoms in total. The zero-order valence-electron chi connectivity index (χ0n) is 15.4. The molecule has 0 radical (unpaired) electrons. The molecule has 3 aliphatic heterocycles. The predicted octanol–water partition coefficient (Wildman–Crippen LogP) is 3.31. The summed E-state index contributed by atoms with van der Waals surface area (Å²) in [7, 11) is -3.70. The third-order valence-corrected chi connectivity index (χ3v) is 7.65. The first-order chi connectivity index (χ1) is 13.6. The second-order valence-electron chi connectivity index (χ2n) is 7.55. The molecule has 1 N–H and O–H groups in total. The Morgan fingerprint density at radius 2 is 1.64 bits per heavy atom. The zero-order valence-corrected chi connectivity index (χ0v) is 16.2. The highest BCUT2D eigenvalue weighted by molar-refractivity contribution is 7.90. The number of aromatic nitrogens is 1. The number of rotatable bonds is 3. The van der Waals surface area contributed by atoms with Crippen LogP contribution in [0.1, 0.15) is 18.4 Å². The topological polar surface area (TPSA) is 62.5 Å². The number of hydrogen-bond donors (Lipinski definition) is 1. The Balaban J connectivity index is 1.68. The summed E-state index contributed by atoms with van der Waals surface area (Å²) in [5, 5.41) is 11.6. The third kappa shape index (κ3) is 2.67. The average molecular weight is 394 g/mol. The molecule has 2 bridgehead atoms. The number of aliphatic hydroxyl groups excluding tert-OH is 1. The summed E-state index contributed by atoms with van der Waals surface area (Å²) >= 11 is 0. The van der Waals surface area contributed by atoms with E-state index in [1.807, 2.05) is 30.3 Å². The molecule has 6 rings (SSSR count). The Bertz CT molecular complexity index is 1150. The number of aliphatic hydroxyl groups is 1. The molecule has 0 spiro atoms. The summed E-state index contributed by atoms with van der Waals surface area (Å²) in [5.41, 5.74) is 2.36. The van der Waals surface area contributed by atoms with Crippen molar-refractivity contribution in [1.29, 1.82) is 0 Å². The maximum absolute atomic E-state index is 13.2. The van der Waals surface area contributed by atoms with E-state index in [9.17, 15) is 13.5 Å². The molecule has 1 atom stereocenters. The fourth-order valence-electron chi connectivity index (χ4n) is 4.43. The first kappa shape index (κ1) is 17.5. The van der Waals surface area contributed by atoms with Crippen LogP contribution >= 0.6 is 0 Å². The Kier molecular flexibility index (Phi) is 4.07. The molecule has 0 unspecified atom stereocenters. The minimum absolute atomic E-state index is 0.260. The molecular weight excluding hydrogens is 372 g/mol. The van der Waals surface area contributed by atoms with E-state index in [2.05, 4.69) is 4.90 Å². The molecule has 0 aliphatic carbocycles. The molecule has 144 valence electrons. The van der Waals surface area contributed by atoms with E-state index in [1.165, 1.54) is 3.97 Å². The van der Waals surface area contributed by atoms with Crippen molar-refractivity contribution in [3.05, 3.63) is 72.1 Å². The Hall–Kier alpha value is -2.57. The molecule has 3 saturated heterocycles. The summed E-state index contributed by atoms with van der Waals surface area (Å²) in [6.45, 7) is 1.91. The highest BCUT2D eigenvalue weighted by atomic mass is 32.2. The normalized spacial score (nSPS) is 23.6. The van der Waals surface area contributed by atoms with Crippen molar-refractivity contribution >= 4 is 27.0 Å². The van der Waals surface area contributed by atoms with Gasteiger partial charge in [0.05, 0.1) is 16.5 Å². The van der Waals surface area contributed by atoms with Crippen LogP contribution in [-0.2, 0) is 10.0 Å². The van der Waals surface area contributed by atoms with Crippen LogP contribution in [0.25, 0.3) is 17.0 Å². The monoisotopic (exact) mass is 394 g/mol. The third-order valence-electron chi connectivity index (χ3n) is 5.97. The smallest absolute Gasteiger partial charge is 0.268 e. The van der Waals surface area contributed by atoms with Crippen molar-refractivity contribution in [2.24, 2.45) is 5.92 Å². The fourth-order valence-corrected chi connectivity index (χ4v) is 5.83. The summed E-state index contributed by atoms with van der Waals surface area (Å²) < 4.78 is 27.8.